The second kappa shape index (κ2) is 7.21. The minimum atomic E-state index is -0.692. The first-order valence-electron chi connectivity index (χ1n) is 8.17. The Balaban J connectivity index is 2.15. The van der Waals surface area contributed by atoms with Gasteiger partial charge in [0.15, 0.2) is 11.6 Å². The predicted molar refractivity (Wildman–Crippen MR) is 93.7 cm³/mol. The van der Waals surface area contributed by atoms with Crippen molar-refractivity contribution in [3.05, 3.63) is 74.7 Å². The first-order valence-corrected chi connectivity index (χ1v) is 8.17. The Bertz CT molecular complexity index is 975. The predicted octanol–water partition coefficient (Wildman–Crippen LogP) is 4.36. The first-order chi connectivity index (χ1) is 12.6. The molecule has 1 aliphatic carbocycles. The minimum absolute atomic E-state index is 0.0295. The van der Waals surface area contributed by atoms with Gasteiger partial charge in [-0.1, -0.05) is 42.7 Å². The molecule has 0 unspecified atom stereocenters. The number of azide groups is 1. The van der Waals surface area contributed by atoms with Gasteiger partial charge in [-0.05, 0) is 24.1 Å². The maximum absolute atomic E-state index is 12.9. The average Bonchev–Trinajstić information content (AvgIpc) is 2.66. The lowest BCUT2D eigenvalue weighted by atomic mass is 9.82. The van der Waals surface area contributed by atoms with Crippen LogP contribution < -0.4 is 0 Å². The second-order valence-electron chi connectivity index (χ2n) is 5.77. The van der Waals surface area contributed by atoms with Gasteiger partial charge in [-0.25, -0.2) is 4.79 Å². The Kier molecular flexibility index (Phi) is 4.82. The van der Waals surface area contributed by atoms with Crippen molar-refractivity contribution in [3.8, 4) is 0 Å². The quantitative estimate of drug-likeness (QED) is 0.224. The number of ether oxygens (including phenoxy) is 1. The van der Waals surface area contributed by atoms with Gasteiger partial charge in [-0.2, -0.15) is 0 Å². The van der Waals surface area contributed by atoms with E-state index >= 15 is 0 Å². The van der Waals surface area contributed by atoms with Gasteiger partial charge in [-0.15, -0.1) is 0 Å². The highest BCUT2D eigenvalue weighted by molar-refractivity contribution is 6.30. The highest BCUT2D eigenvalue weighted by Gasteiger charge is 2.33. The molecular formula is C19H15N3O4. The molecule has 0 atom stereocenters. The maximum Gasteiger partial charge on any atom is 0.338 e. The molecule has 0 radical (unpaired) electrons. The monoisotopic (exact) mass is 349 g/mol. The van der Waals surface area contributed by atoms with Crippen LogP contribution in [0, 0.1) is 0 Å². The molecule has 7 nitrogen and oxygen atoms in total. The zero-order valence-corrected chi connectivity index (χ0v) is 14.1. The van der Waals surface area contributed by atoms with E-state index in [0.717, 1.165) is 6.42 Å². The summed E-state index contributed by atoms with van der Waals surface area (Å²) in [6.45, 7) is 2.18. The van der Waals surface area contributed by atoms with Crippen LogP contribution in [-0.2, 0) is 4.74 Å². The molecule has 0 saturated carbocycles. The number of nitrogens with zero attached hydrogens (tertiary/aromatic N) is 3. The molecule has 2 aromatic rings. The van der Waals surface area contributed by atoms with Crippen LogP contribution >= 0.6 is 0 Å². The summed E-state index contributed by atoms with van der Waals surface area (Å²) in [6.07, 6.45) is 1.54. The molecule has 0 N–H and O–H groups in total. The molecule has 3 rings (SSSR count). The first kappa shape index (κ1) is 17.4. The minimum Gasteiger partial charge on any atom is -0.462 e. The highest BCUT2D eigenvalue weighted by atomic mass is 16.5. The summed E-state index contributed by atoms with van der Waals surface area (Å²) >= 11 is 0. The van der Waals surface area contributed by atoms with Crippen LogP contribution in [0.2, 0.25) is 0 Å². The number of carbonyl (C=O) groups excluding carboxylic acids is 3. The number of carbonyl (C=O) groups is 3. The fraction of sp³-hybridized carbons (Fsp3) is 0.211. The van der Waals surface area contributed by atoms with E-state index in [1.165, 1.54) is 18.2 Å². The van der Waals surface area contributed by atoms with Crippen molar-refractivity contribution in [2.45, 2.75) is 19.8 Å². The normalized spacial score (nSPS) is 12.0. The maximum atomic E-state index is 12.9. The fourth-order valence-electron chi connectivity index (χ4n) is 2.87. The van der Waals surface area contributed by atoms with Gasteiger partial charge in [0.1, 0.15) is 0 Å². The zero-order valence-electron chi connectivity index (χ0n) is 14.1. The van der Waals surface area contributed by atoms with E-state index in [-0.39, 0.29) is 45.9 Å². The fourth-order valence-corrected chi connectivity index (χ4v) is 2.87. The summed E-state index contributed by atoms with van der Waals surface area (Å²) in [5.74, 6) is -1.50. The number of rotatable bonds is 5. The molecule has 0 fully saturated rings. The Morgan fingerprint density at radius 3 is 2.42 bits per heavy atom. The summed E-state index contributed by atoms with van der Waals surface area (Å²) < 4.78 is 5.16. The number of hydrogen-bond acceptors (Lipinski definition) is 5. The molecular weight excluding hydrogens is 334 g/mol. The molecule has 0 heterocycles. The summed E-state index contributed by atoms with van der Waals surface area (Å²) in [7, 11) is 0. The molecule has 0 saturated heterocycles. The van der Waals surface area contributed by atoms with Gasteiger partial charge >= 0.3 is 5.97 Å². The Morgan fingerprint density at radius 1 is 1.08 bits per heavy atom. The number of unbranched alkanes of at least 4 members (excludes halogenated alkanes) is 1. The third-order valence-electron chi connectivity index (χ3n) is 4.16. The van der Waals surface area contributed by atoms with Crippen molar-refractivity contribution in [2.75, 3.05) is 6.61 Å². The highest BCUT2D eigenvalue weighted by Crippen LogP contribution is 2.36. The van der Waals surface area contributed by atoms with Gasteiger partial charge in [0.05, 0.1) is 17.9 Å². The van der Waals surface area contributed by atoms with Crippen molar-refractivity contribution in [1.82, 2.24) is 0 Å². The van der Waals surface area contributed by atoms with Crippen molar-refractivity contribution < 1.29 is 19.1 Å². The lowest BCUT2D eigenvalue weighted by Crippen LogP contribution is -2.22. The van der Waals surface area contributed by atoms with Crippen LogP contribution in [-0.4, -0.2) is 24.1 Å². The van der Waals surface area contributed by atoms with E-state index in [2.05, 4.69) is 10.0 Å². The average molecular weight is 349 g/mol. The Morgan fingerprint density at radius 2 is 1.77 bits per heavy atom. The van der Waals surface area contributed by atoms with Crippen LogP contribution in [0.1, 0.15) is 62.0 Å². The van der Waals surface area contributed by atoms with Gasteiger partial charge in [-0.3, -0.25) is 9.59 Å². The molecule has 0 bridgehead atoms. The zero-order chi connectivity index (χ0) is 18.7. The van der Waals surface area contributed by atoms with Gasteiger partial charge in [0, 0.05) is 27.2 Å². The SMILES string of the molecule is CCCCOC(=O)c1ccc2c(c1N=[N+]=[N-])C(=O)c1ccccc1C2=O. The van der Waals surface area contributed by atoms with E-state index in [4.69, 9.17) is 10.3 Å². The van der Waals surface area contributed by atoms with E-state index < -0.39 is 11.8 Å². The smallest absolute Gasteiger partial charge is 0.338 e. The van der Waals surface area contributed by atoms with E-state index in [0.29, 0.717) is 6.42 Å². The van der Waals surface area contributed by atoms with Crippen LogP contribution in [0.3, 0.4) is 0 Å². The van der Waals surface area contributed by atoms with Crippen molar-refractivity contribution in [1.29, 1.82) is 0 Å². The summed E-state index contributed by atoms with van der Waals surface area (Å²) in [5, 5.41) is 3.53. The number of fused-ring (bicyclic) bond motifs is 2. The summed E-state index contributed by atoms with van der Waals surface area (Å²) in [5.41, 5.74) is 9.26. The standard InChI is InChI=1S/C19H15N3O4/c1-2-3-10-26-19(25)14-9-8-13-15(16(14)21-22-20)18(24)12-7-5-4-6-11(12)17(13)23/h4-9H,2-3,10H2,1H3. The molecule has 0 aliphatic heterocycles. The molecule has 0 spiro atoms. The molecule has 1 aliphatic rings. The third kappa shape index (κ3) is 2.85. The topological polar surface area (TPSA) is 109 Å². The number of esters is 1. The Labute approximate surface area is 149 Å². The molecule has 26 heavy (non-hydrogen) atoms. The lowest BCUT2D eigenvalue weighted by molar-refractivity contribution is 0.0500. The van der Waals surface area contributed by atoms with E-state index in [1.807, 2.05) is 6.92 Å². The van der Waals surface area contributed by atoms with Gasteiger partial charge in [0.2, 0.25) is 0 Å². The lowest BCUT2D eigenvalue weighted by Gasteiger charge is -2.20. The van der Waals surface area contributed by atoms with Crippen LogP contribution in [0.15, 0.2) is 41.5 Å². The number of benzene rings is 2. The van der Waals surface area contributed by atoms with Crippen molar-refractivity contribution in [3.63, 3.8) is 0 Å². The van der Waals surface area contributed by atoms with Crippen LogP contribution in [0.5, 0.6) is 0 Å². The molecule has 7 heteroatoms. The molecule has 130 valence electrons. The van der Waals surface area contributed by atoms with E-state index in [9.17, 15) is 14.4 Å². The van der Waals surface area contributed by atoms with Gasteiger partial charge in [0.25, 0.3) is 0 Å². The van der Waals surface area contributed by atoms with Crippen molar-refractivity contribution >= 4 is 23.2 Å². The molecule has 0 amide bonds. The van der Waals surface area contributed by atoms with Gasteiger partial charge < -0.3 is 4.74 Å². The van der Waals surface area contributed by atoms with Crippen LogP contribution in [0.25, 0.3) is 10.4 Å². The largest absolute Gasteiger partial charge is 0.462 e. The second-order valence-corrected chi connectivity index (χ2v) is 5.77. The van der Waals surface area contributed by atoms with Crippen molar-refractivity contribution in [2.24, 2.45) is 5.11 Å². The van der Waals surface area contributed by atoms with Crippen LogP contribution in [0.4, 0.5) is 5.69 Å². The molecule has 0 aromatic heterocycles. The number of hydrogen-bond donors (Lipinski definition) is 0. The Hall–Kier alpha value is -3.44. The van der Waals surface area contributed by atoms with E-state index in [1.54, 1.807) is 18.2 Å². The summed E-state index contributed by atoms with van der Waals surface area (Å²) in [6, 6.07) is 9.17. The molecule has 2 aromatic carbocycles. The third-order valence-corrected chi connectivity index (χ3v) is 4.16. The number of ketones is 2. The summed E-state index contributed by atoms with van der Waals surface area (Å²) in [4.78, 5) is 40.7.